The third-order valence-corrected chi connectivity index (χ3v) is 5.53. The number of hydrogen-bond donors (Lipinski definition) is 1. The summed E-state index contributed by atoms with van der Waals surface area (Å²) in [5, 5.41) is 20.3. The van der Waals surface area contributed by atoms with Gasteiger partial charge in [0.05, 0.1) is 10.5 Å². The summed E-state index contributed by atoms with van der Waals surface area (Å²) in [6, 6.07) is 17.3. The van der Waals surface area contributed by atoms with E-state index in [1.165, 1.54) is 25.1 Å². The molecule has 2 aromatic carbocycles. The molecule has 0 saturated carbocycles. The van der Waals surface area contributed by atoms with Gasteiger partial charge in [0.1, 0.15) is 11.8 Å². The number of hydrogen-bond acceptors (Lipinski definition) is 6. The van der Waals surface area contributed by atoms with E-state index in [0.717, 1.165) is 17.7 Å². The first-order valence-electron chi connectivity index (χ1n) is 10.8. The van der Waals surface area contributed by atoms with Crippen LogP contribution in [0.15, 0.2) is 60.8 Å². The average Bonchev–Trinajstić information content (AvgIpc) is 3.31. The molecular weight excluding hydrogens is 436 g/mol. The Morgan fingerprint density at radius 2 is 1.91 bits per heavy atom. The van der Waals surface area contributed by atoms with Crippen LogP contribution < -0.4 is 5.48 Å². The standard InChI is InChI=1S/C25H24N4O5/c1-3-6-19(15-18-10-12-20(13-11-18)28-14-5-7-21(28)16-26)24(30)27-34-25(31)22-8-4-9-23(17(22)2)29(32)33/h4-5,7-14,19H,3,6,15H2,1-2H3,(H,27,30). The highest BCUT2D eigenvalue weighted by atomic mass is 16.7. The zero-order valence-corrected chi connectivity index (χ0v) is 18.9. The highest BCUT2D eigenvalue weighted by molar-refractivity contribution is 5.93. The Morgan fingerprint density at radius 3 is 2.56 bits per heavy atom. The Bertz CT molecular complexity index is 1240. The monoisotopic (exact) mass is 460 g/mol. The number of hydroxylamine groups is 1. The minimum Gasteiger partial charge on any atom is -0.335 e. The molecule has 0 bridgehead atoms. The molecular formula is C25H24N4O5. The van der Waals surface area contributed by atoms with Gasteiger partial charge in [-0.1, -0.05) is 31.5 Å². The second-order valence-electron chi connectivity index (χ2n) is 7.79. The van der Waals surface area contributed by atoms with Crippen LogP contribution in [0.2, 0.25) is 0 Å². The van der Waals surface area contributed by atoms with Gasteiger partial charge in [-0.15, -0.1) is 0 Å². The van der Waals surface area contributed by atoms with Crippen molar-refractivity contribution in [3.05, 3.63) is 93.3 Å². The number of nitrogens with zero attached hydrogens (tertiary/aromatic N) is 3. The number of aromatic nitrogens is 1. The van der Waals surface area contributed by atoms with E-state index in [1.54, 1.807) is 22.9 Å². The van der Waals surface area contributed by atoms with Gasteiger partial charge in [0.15, 0.2) is 0 Å². The van der Waals surface area contributed by atoms with Gasteiger partial charge in [0.2, 0.25) is 0 Å². The summed E-state index contributed by atoms with van der Waals surface area (Å²) in [5.74, 6) is -1.75. The van der Waals surface area contributed by atoms with Gasteiger partial charge in [0, 0.05) is 29.4 Å². The largest absolute Gasteiger partial charge is 0.363 e. The minimum absolute atomic E-state index is 0.0129. The molecule has 174 valence electrons. The van der Waals surface area contributed by atoms with Crippen LogP contribution in [0, 0.1) is 34.3 Å². The number of amides is 1. The van der Waals surface area contributed by atoms with Crippen molar-refractivity contribution in [2.45, 2.75) is 33.1 Å². The Kier molecular flexibility index (Phi) is 7.77. The van der Waals surface area contributed by atoms with E-state index >= 15 is 0 Å². The topological polar surface area (TPSA) is 127 Å². The molecule has 0 aliphatic carbocycles. The lowest BCUT2D eigenvalue weighted by molar-refractivity contribution is -0.385. The lowest BCUT2D eigenvalue weighted by atomic mass is 9.94. The molecule has 1 aromatic heterocycles. The zero-order valence-electron chi connectivity index (χ0n) is 18.9. The van der Waals surface area contributed by atoms with Gasteiger partial charge in [0.25, 0.3) is 11.6 Å². The molecule has 1 heterocycles. The maximum atomic E-state index is 12.7. The first-order chi connectivity index (χ1) is 16.3. The first-order valence-corrected chi connectivity index (χ1v) is 10.8. The number of nitro benzene ring substituents is 1. The van der Waals surface area contributed by atoms with E-state index in [4.69, 9.17) is 4.84 Å². The number of carbonyl (C=O) groups is 2. The van der Waals surface area contributed by atoms with Crippen molar-refractivity contribution in [2.75, 3.05) is 0 Å². The predicted molar refractivity (Wildman–Crippen MR) is 124 cm³/mol. The Balaban J connectivity index is 1.66. The third kappa shape index (κ3) is 5.48. The van der Waals surface area contributed by atoms with Crippen LogP contribution in [-0.4, -0.2) is 21.4 Å². The van der Waals surface area contributed by atoms with Crippen molar-refractivity contribution >= 4 is 17.6 Å². The van der Waals surface area contributed by atoms with Gasteiger partial charge < -0.3 is 9.40 Å². The molecule has 0 fully saturated rings. The summed E-state index contributed by atoms with van der Waals surface area (Å²) in [7, 11) is 0. The van der Waals surface area contributed by atoms with Crippen molar-refractivity contribution in [3.63, 3.8) is 0 Å². The fourth-order valence-corrected chi connectivity index (χ4v) is 3.73. The zero-order chi connectivity index (χ0) is 24.7. The van der Waals surface area contributed by atoms with Crippen LogP contribution in [0.1, 0.15) is 46.9 Å². The molecule has 3 rings (SSSR count). The number of benzene rings is 2. The van der Waals surface area contributed by atoms with Crippen LogP contribution in [0.4, 0.5) is 5.69 Å². The van der Waals surface area contributed by atoms with Gasteiger partial charge in [-0.3, -0.25) is 14.9 Å². The van der Waals surface area contributed by atoms with Crippen molar-refractivity contribution in [3.8, 4) is 11.8 Å². The summed E-state index contributed by atoms with van der Waals surface area (Å²) >= 11 is 0. The second kappa shape index (κ2) is 10.9. The molecule has 1 N–H and O–H groups in total. The van der Waals surface area contributed by atoms with E-state index < -0.39 is 22.7 Å². The quantitative estimate of drug-likeness (QED) is 0.392. The molecule has 9 heteroatoms. The lowest BCUT2D eigenvalue weighted by Crippen LogP contribution is -2.34. The number of carbonyl (C=O) groups excluding carboxylic acids is 2. The molecule has 0 aliphatic rings. The molecule has 1 unspecified atom stereocenters. The van der Waals surface area contributed by atoms with E-state index in [-0.39, 0.29) is 16.8 Å². The summed E-state index contributed by atoms with van der Waals surface area (Å²) in [4.78, 5) is 40.6. The summed E-state index contributed by atoms with van der Waals surface area (Å²) < 4.78 is 1.77. The molecule has 1 amide bonds. The normalized spacial score (nSPS) is 11.3. The Morgan fingerprint density at radius 1 is 1.18 bits per heavy atom. The molecule has 34 heavy (non-hydrogen) atoms. The highest BCUT2D eigenvalue weighted by Gasteiger charge is 2.23. The molecule has 9 nitrogen and oxygen atoms in total. The van der Waals surface area contributed by atoms with Crippen LogP contribution in [0.3, 0.4) is 0 Å². The molecule has 0 radical (unpaired) electrons. The first kappa shape index (κ1) is 24.2. The molecule has 0 spiro atoms. The maximum absolute atomic E-state index is 12.7. The molecule has 0 aliphatic heterocycles. The fourth-order valence-electron chi connectivity index (χ4n) is 3.73. The summed E-state index contributed by atoms with van der Waals surface area (Å²) in [6.45, 7) is 3.41. The second-order valence-corrected chi connectivity index (χ2v) is 7.79. The summed E-state index contributed by atoms with van der Waals surface area (Å²) in [6.07, 6.45) is 3.57. The van der Waals surface area contributed by atoms with Crippen LogP contribution >= 0.6 is 0 Å². The SMILES string of the molecule is CCCC(Cc1ccc(-n2cccc2C#N)cc1)C(=O)NOC(=O)c1cccc([N+](=O)[O-])c1C. The van der Waals surface area contributed by atoms with Crippen molar-refractivity contribution < 1.29 is 19.3 Å². The molecule has 3 aromatic rings. The Hall–Kier alpha value is -4.45. The highest BCUT2D eigenvalue weighted by Crippen LogP contribution is 2.22. The Labute approximate surface area is 196 Å². The summed E-state index contributed by atoms with van der Waals surface area (Å²) in [5.41, 5.74) is 4.47. The van der Waals surface area contributed by atoms with E-state index in [0.29, 0.717) is 18.5 Å². The van der Waals surface area contributed by atoms with Gasteiger partial charge >= 0.3 is 5.97 Å². The van der Waals surface area contributed by atoms with Crippen LogP contribution in [0.25, 0.3) is 5.69 Å². The van der Waals surface area contributed by atoms with Crippen LogP contribution in [-0.2, 0) is 16.1 Å². The molecule has 0 saturated heterocycles. The third-order valence-electron chi connectivity index (χ3n) is 5.53. The predicted octanol–water partition coefficient (Wildman–Crippen LogP) is 4.41. The van der Waals surface area contributed by atoms with Gasteiger partial charge in [-0.2, -0.15) is 10.7 Å². The number of nitrogens with one attached hydrogen (secondary N) is 1. The average molecular weight is 460 g/mol. The minimum atomic E-state index is -0.867. The van der Waals surface area contributed by atoms with Gasteiger partial charge in [-0.05, 0) is 55.7 Å². The van der Waals surface area contributed by atoms with Crippen molar-refractivity contribution in [1.29, 1.82) is 5.26 Å². The fraction of sp³-hybridized carbons (Fsp3) is 0.240. The van der Waals surface area contributed by atoms with E-state index in [9.17, 15) is 25.0 Å². The number of nitro groups is 1. The van der Waals surface area contributed by atoms with Crippen molar-refractivity contribution in [2.24, 2.45) is 5.92 Å². The smallest absolute Gasteiger partial charge is 0.335 e. The van der Waals surface area contributed by atoms with Gasteiger partial charge in [-0.25, -0.2) is 4.79 Å². The van der Waals surface area contributed by atoms with E-state index in [1.807, 2.05) is 31.2 Å². The van der Waals surface area contributed by atoms with E-state index in [2.05, 4.69) is 11.5 Å². The number of rotatable bonds is 8. The van der Waals surface area contributed by atoms with Crippen LogP contribution in [0.5, 0.6) is 0 Å². The lowest BCUT2D eigenvalue weighted by Gasteiger charge is -2.16. The maximum Gasteiger partial charge on any atom is 0.363 e. The number of nitriles is 1. The van der Waals surface area contributed by atoms with Crippen molar-refractivity contribution in [1.82, 2.24) is 10.0 Å². The molecule has 1 atom stereocenters.